The molecule has 0 amide bonds. The van der Waals surface area contributed by atoms with Crippen molar-refractivity contribution in [2.45, 2.75) is 6.18 Å². The highest BCUT2D eigenvalue weighted by Crippen LogP contribution is 2.41. The third kappa shape index (κ3) is 3.43. The van der Waals surface area contributed by atoms with Gasteiger partial charge in [0, 0.05) is 16.5 Å². The highest BCUT2D eigenvalue weighted by Gasteiger charge is 2.30. The highest BCUT2D eigenvalue weighted by atomic mass is 32.1. The molecule has 0 aliphatic rings. The maximum atomic E-state index is 12.8. The number of fused-ring (bicyclic) bond motifs is 1. The van der Waals surface area contributed by atoms with Crippen molar-refractivity contribution in [3.8, 4) is 39.9 Å². The van der Waals surface area contributed by atoms with E-state index in [1.165, 1.54) is 44.8 Å². The Kier molecular flexibility index (Phi) is 5.02. The van der Waals surface area contributed by atoms with Crippen LogP contribution in [-0.4, -0.2) is 35.9 Å². The fourth-order valence-corrected chi connectivity index (χ4v) is 3.87. The van der Waals surface area contributed by atoms with E-state index in [4.69, 9.17) is 14.2 Å². The second kappa shape index (κ2) is 7.52. The van der Waals surface area contributed by atoms with Gasteiger partial charge in [-0.15, -0.1) is 16.4 Å². The van der Waals surface area contributed by atoms with E-state index >= 15 is 0 Å². The Morgan fingerprint density at radius 2 is 1.53 bits per heavy atom. The number of nitrogens with zero attached hydrogens (tertiary/aromatic N) is 3. The van der Waals surface area contributed by atoms with E-state index in [0.29, 0.717) is 44.9 Å². The fraction of sp³-hybridized carbons (Fsp3) is 0.200. The molecular weight excluding hydrogens is 419 g/mol. The molecule has 6 nitrogen and oxygen atoms in total. The SMILES string of the molecule is COc1cc(-c2nc3scc(-c4ccc(C(F)(F)F)cc4)n3n2)cc(OC)c1OC. The lowest BCUT2D eigenvalue weighted by Crippen LogP contribution is -2.04. The molecule has 0 unspecified atom stereocenters. The van der Waals surface area contributed by atoms with E-state index in [0.717, 1.165) is 12.1 Å². The Hall–Kier alpha value is -3.27. The molecule has 0 aliphatic carbocycles. The normalized spacial score (nSPS) is 11.7. The van der Waals surface area contributed by atoms with Crippen molar-refractivity contribution in [3.05, 3.63) is 47.3 Å². The lowest BCUT2D eigenvalue weighted by molar-refractivity contribution is -0.137. The molecule has 0 radical (unpaired) electrons. The van der Waals surface area contributed by atoms with Gasteiger partial charge < -0.3 is 14.2 Å². The van der Waals surface area contributed by atoms with Crippen molar-refractivity contribution in [2.75, 3.05) is 21.3 Å². The number of ether oxygens (including phenoxy) is 3. The first kappa shape index (κ1) is 20.0. The molecule has 10 heteroatoms. The Morgan fingerprint density at radius 1 is 0.900 bits per heavy atom. The Labute approximate surface area is 173 Å². The molecule has 0 atom stereocenters. The van der Waals surface area contributed by atoms with Crippen molar-refractivity contribution in [1.82, 2.24) is 14.6 Å². The van der Waals surface area contributed by atoms with Gasteiger partial charge >= 0.3 is 6.18 Å². The van der Waals surface area contributed by atoms with E-state index in [1.807, 2.05) is 0 Å². The van der Waals surface area contributed by atoms with Crippen molar-refractivity contribution in [1.29, 1.82) is 0 Å². The Bertz CT molecular complexity index is 1170. The van der Waals surface area contributed by atoms with Gasteiger partial charge in [-0.25, -0.2) is 4.52 Å². The summed E-state index contributed by atoms with van der Waals surface area (Å²) in [5.41, 5.74) is 1.21. The number of hydrogen-bond acceptors (Lipinski definition) is 6. The first-order valence-electron chi connectivity index (χ1n) is 8.68. The smallest absolute Gasteiger partial charge is 0.416 e. The lowest BCUT2D eigenvalue weighted by Gasteiger charge is -2.12. The maximum Gasteiger partial charge on any atom is 0.416 e. The molecular formula is C20H16F3N3O3S. The topological polar surface area (TPSA) is 57.9 Å². The third-order valence-corrected chi connectivity index (χ3v) is 5.33. The molecule has 0 saturated heterocycles. The molecule has 2 heterocycles. The average Bonchev–Trinajstić information content (AvgIpc) is 3.33. The number of methoxy groups -OCH3 is 3. The quantitative estimate of drug-likeness (QED) is 0.433. The minimum absolute atomic E-state index is 0.425. The van der Waals surface area contributed by atoms with E-state index in [2.05, 4.69) is 10.1 Å². The van der Waals surface area contributed by atoms with Gasteiger partial charge in [0.2, 0.25) is 10.7 Å². The number of hydrogen-bond donors (Lipinski definition) is 0. The van der Waals surface area contributed by atoms with Crippen LogP contribution in [-0.2, 0) is 6.18 Å². The van der Waals surface area contributed by atoms with Crippen LogP contribution < -0.4 is 14.2 Å². The van der Waals surface area contributed by atoms with E-state index in [9.17, 15) is 13.2 Å². The number of benzene rings is 2. The van der Waals surface area contributed by atoms with E-state index in [-0.39, 0.29) is 0 Å². The van der Waals surface area contributed by atoms with Crippen LogP contribution in [0.2, 0.25) is 0 Å². The Balaban J connectivity index is 1.77. The van der Waals surface area contributed by atoms with Crippen LogP contribution in [0.15, 0.2) is 41.8 Å². The molecule has 4 aromatic rings. The predicted octanol–water partition coefficient (Wildman–Crippen LogP) is 5.17. The average molecular weight is 435 g/mol. The summed E-state index contributed by atoms with van der Waals surface area (Å²) in [5.74, 6) is 1.81. The van der Waals surface area contributed by atoms with Crippen LogP contribution >= 0.6 is 11.3 Å². The summed E-state index contributed by atoms with van der Waals surface area (Å²) in [5, 5.41) is 6.34. The van der Waals surface area contributed by atoms with Gasteiger partial charge in [0.1, 0.15) is 0 Å². The molecule has 0 aliphatic heterocycles. The minimum atomic E-state index is -4.38. The standard InChI is InChI=1S/C20H16F3N3O3S/c1-27-15-8-12(9-16(28-2)17(15)29-3)18-24-19-26(25-18)14(10-30-19)11-4-6-13(7-5-11)20(21,22)23/h4-10H,1-3H3. The fourth-order valence-electron chi connectivity index (χ4n) is 3.04. The molecule has 0 bridgehead atoms. The van der Waals surface area contributed by atoms with Crippen molar-refractivity contribution in [3.63, 3.8) is 0 Å². The molecule has 4 rings (SSSR count). The second-order valence-electron chi connectivity index (χ2n) is 6.24. The minimum Gasteiger partial charge on any atom is -0.493 e. The first-order valence-corrected chi connectivity index (χ1v) is 9.56. The first-order chi connectivity index (χ1) is 14.4. The molecule has 0 spiro atoms. The summed E-state index contributed by atoms with van der Waals surface area (Å²) in [6.07, 6.45) is -4.38. The van der Waals surface area contributed by atoms with Crippen LogP contribution in [0.4, 0.5) is 13.2 Å². The van der Waals surface area contributed by atoms with Gasteiger partial charge in [0.25, 0.3) is 0 Å². The van der Waals surface area contributed by atoms with Gasteiger partial charge in [-0.05, 0) is 24.3 Å². The molecule has 30 heavy (non-hydrogen) atoms. The van der Waals surface area contributed by atoms with Crippen LogP contribution in [0.1, 0.15) is 5.56 Å². The highest BCUT2D eigenvalue weighted by molar-refractivity contribution is 7.15. The van der Waals surface area contributed by atoms with Gasteiger partial charge in [0.05, 0.1) is 32.6 Å². The molecule has 2 aromatic carbocycles. The zero-order valence-electron chi connectivity index (χ0n) is 16.1. The van der Waals surface area contributed by atoms with Crippen molar-refractivity contribution in [2.24, 2.45) is 0 Å². The lowest BCUT2D eigenvalue weighted by atomic mass is 10.1. The largest absolute Gasteiger partial charge is 0.493 e. The van der Waals surface area contributed by atoms with Crippen LogP contribution in [0, 0.1) is 0 Å². The van der Waals surface area contributed by atoms with Crippen molar-refractivity contribution >= 4 is 16.3 Å². The van der Waals surface area contributed by atoms with Crippen LogP contribution in [0.25, 0.3) is 27.6 Å². The number of aromatic nitrogens is 3. The number of alkyl halides is 3. The monoisotopic (exact) mass is 435 g/mol. The summed E-state index contributed by atoms with van der Waals surface area (Å²) < 4.78 is 56.2. The van der Waals surface area contributed by atoms with Gasteiger partial charge in [-0.3, -0.25) is 0 Å². The predicted molar refractivity (Wildman–Crippen MR) is 106 cm³/mol. The number of rotatable bonds is 5. The van der Waals surface area contributed by atoms with Crippen LogP contribution in [0.3, 0.4) is 0 Å². The van der Waals surface area contributed by atoms with E-state index < -0.39 is 11.7 Å². The Morgan fingerprint density at radius 3 is 2.07 bits per heavy atom. The molecule has 156 valence electrons. The van der Waals surface area contributed by atoms with Gasteiger partial charge in [0.15, 0.2) is 17.3 Å². The zero-order chi connectivity index (χ0) is 21.5. The second-order valence-corrected chi connectivity index (χ2v) is 7.08. The number of halogens is 3. The van der Waals surface area contributed by atoms with Gasteiger partial charge in [-0.2, -0.15) is 18.2 Å². The van der Waals surface area contributed by atoms with Crippen LogP contribution in [0.5, 0.6) is 17.2 Å². The molecule has 0 saturated carbocycles. The summed E-state index contributed by atoms with van der Waals surface area (Å²) >= 11 is 1.34. The number of thiazole rings is 1. The summed E-state index contributed by atoms with van der Waals surface area (Å²) in [6.45, 7) is 0. The maximum absolute atomic E-state index is 12.8. The van der Waals surface area contributed by atoms with E-state index in [1.54, 1.807) is 22.0 Å². The molecule has 0 fully saturated rings. The third-order valence-electron chi connectivity index (χ3n) is 4.51. The van der Waals surface area contributed by atoms with Crippen molar-refractivity contribution < 1.29 is 27.4 Å². The molecule has 0 N–H and O–H groups in total. The zero-order valence-corrected chi connectivity index (χ0v) is 17.0. The summed E-state index contributed by atoms with van der Waals surface area (Å²) in [4.78, 5) is 5.14. The van der Waals surface area contributed by atoms with Gasteiger partial charge in [-0.1, -0.05) is 12.1 Å². The molecule has 2 aromatic heterocycles. The summed E-state index contributed by atoms with van der Waals surface area (Å²) in [7, 11) is 4.55. The summed E-state index contributed by atoms with van der Waals surface area (Å²) in [6, 6.07) is 8.42.